The molecule has 0 aliphatic carbocycles. The Hall–Kier alpha value is -1.37. The second kappa shape index (κ2) is 5.32. The van der Waals surface area contributed by atoms with Gasteiger partial charge in [0.1, 0.15) is 5.25 Å². The molecule has 0 bridgehead atoms. The van der Waals surface area contributed by atoms with Crippen LogP contribution in [0.4, 0.5) is 13.2 Å². The van der Waals surface area contributed by atoms with Crippen molar-refractivity contribution in [1.82, 2.24) is 0 Å². The van der Waals surface area contributed by atoms with Gasteiger partial charge >= 0.3 is 6.18 Å². The average molecular weight is 294 g/mol. The molecule has 0 saturated carbocycles. The van der Waals surface area contributed by atoms with Crippen LogP contribution in [0, 0.1) is 0 Å². The van der Waals surface area contributed by atoms with Gasteiger partial charge in [0.2, 0.25) is 0 Å². The van der Waals surface area contributed by atoms with E-state index in [-0.39, 0.29) is 6.42 Å². The summed E-state index contributed by atoms with van der Waals surface area (Å²) in [6.45, 7) is 2.57. The first kappa shape index (κ1) is 15.7. The van der Waals surface area contributed by atoms with Gasteiger partial charge in [0.05, 0.1) is 10.5 Å². The lowest BCUT2D eigenvalue weighted by molar-refractivity contribution is -0.140. The largest absolute Gasteiger partial charge is 0.417 e. The standard InChI is InChI=1S/C12H13F3O3S/c1-3-10(16)8(2)19(17,18)11-7-5-4-6-9(11)12(13,14)15/h4-8H,3H2,1-2H3. The molecule has 0 spiro atoms. The molecule has 3 nitrogen and oxygen atoms in total. The van der Waals surface area contributed by atoms with Crippen LogP contribution < -0.4 is 0 Å². The molecule has 1 rings (SSSR count). The molecule has 0 amide bonds. The SMILES string of the molecule is CCC(=O)C(C)S(=O)(=O)c1ccccc1C(F)(F)F. The number of sulfone groups is 1. The van der Waals surface area contributed by atoms with Crippen molar-refractivity contribution in [2.45, 2.75) is 36.6 Å². The third-order valence-corrected chi connectivity index (χ3v) is 4.93. The van der Waals surface area contributed by atoms with E-state index in [0.29, 0.717) is 6.07 Å². The smallest absolute Gasteiger partial charge is 0.298 e. The minimum Gasteiger partial charge on any atom is -0.298 e. The average Bonchev–Trinajstić information content (AvgIpc) is 2.35. The zero-order valence-electron chi connectivity index (χ0n) is 10.4. The van der Waals surface area contributed by atoms with Crippen LogP contribution in [-0.4, -0.2) is 19.5 Å². The Morgan fingerprint density at radius 1 is 1.26 bits per heavy atom. The van der Waals surface area contributed by atoms with Crippen molar-refractivity contribution >= 4 is 15.6 Å². The summed E-state index contributed by atoms with van der Waals surface area (Å²) >= 11 is 0. The Morgan fingerprint density at radius 2 is 1.79 bits per heavy atom. The molecule has 1 aromatic rings. The lowest BCUT2D eigenvalue weighted by Crippen LogP contribution is -2.28. The third kappa shape index (κ3) is 3.15. The highest BCUT2D eigenvalue weighted by Crippen LogP contribution is 2.35. The molecule has 1 aromatic carbocycles. The second-order valence-corrected chi connectivity index (χ2v) is 6.24. The number of hydrogen-bond acceptors (Lipinski definition) is 3. The number of carbonyl (C=O) groups excluding carboxylic acids is 1. The molecular formula is C12H13F3O3S. The first-order valence-corrected chi connectivity index (χ1v) is 7.09. The maximum Gasteiger partial charge on any atom is 0.417 e. The zero-order valence-corrected chi connectivity index (χ0v) is 11.2. The maximum atomic E-state index is 12.8. The minimum atomic E-state index is -4.78. The number of hydrogen-bond donors (Lipinski definition) is 0. The summed E-state index contributed by atoms with van der Waals surface area (Å²) in [7, 11) is -4.33. The predicted molar refractivity (Wildman–Crippen MR) is 63.4 cm³/mol. The van der Waals surface area contributed by atoms with Crippen LogP contribution in [0.2, 0.25) is 0 Å². The number of Topliss-reactive ketones (excluding diaryl/α,β-unsaturated/α-hetero) is 1. The summed E-state index contributed by atoms with van der Waals surface area (Å²) in [6, 6.07) is 3.87. The molecule has 0 aliphatic rings. The molecule has 0 aromatic heterocycles. The van der Waals surface area contributed by atoms with Crippen molar-refractivity contribution in [3.05, 3.63) is 29.8 Å². The van der Waals surface area contributed by atoms with Gasteiger partial charge in [-0.1, -0.05) is 19.1 Å². The molecule has 0 N–H and O–H groups in total. The van der Waals surface area contributed by atoms with E-state index in [4.69, 9.17) is 0 Å². The van der Waals surface area contributed by atoms with Gasteiger partial charge in [-0.25, -0.2) is 8.42 Å². The van der Waals surface area contributed by atoms with Gasteiger partial charge in [0.25, 0.3) is 0 Å². The number of carbonyl (C=O) groups is 1. The number of alkyl halides is 3. The molecule has 0 fully saturated rings. The first-order chi connectivity index (χ1) is 8.62. The van der Waals surface area contributed by atoms with Crippen LogP contribution in [0.3, 0.4) is 0 Å². The van der Waals surface area contributed by atoms with Gasteiger partial charge in [0.15, 0.2) is 15.6 Å². The fraction of sp³-hybridized carbons (Fsp3) is 0.417. The van der Waals surface area contributed by atoms with E-state index >= 15 is 0 Å². The van der Waals surface area contributed by atoms with Crippen molar-refractivity contribution in [3.8, 4) is 0 Å². The summed E-state index contributed by atoms with van der Waals surface area (Å²) < 4.78 is 62.5. The highest BCUT2D eigenvalue weighted by atomic mass is 32.2. The molecule has 7 heteroatoms. The fourth-order valence-corrected chi connectivity index (χ4v) is 3.25. The zero-order chi connectivity index (χ0) is 14.8. The topological polar surface area (TPSA) is 51.2 Å². The van der Waals surface area contributed by atoms with Gasteiger partial charge < -0.3 is 0 Å². The number of benzene rings is 1. The third-order valence-electron chi connectivity index (χ3n) is 2.77. The van der Waals surface area contributed by atoms with Gasteiger partial charge in [-0.2, -0.15) is 13.2 Å². The normalized spacial score (nSPS) is 14.2. The molecule has 19 heavy (non-hydrogen) atoms. The van der Waals surface area contributed by atoms with Crippen LogP contribution in [0.1, 0.15) is 25.8 Å². The Kier molecular flexibility index (Phi) is 4.39. The van der Waals surface area contributed by atoms with E-state index in [1.54, 1.807) is 0 Å². The van der Waals surface area contributed by atoms with Crippen LogP contribution in [0.5, 0.6) is 0 Å². The summed E-state index contributed by atoms with van der Waals surface area (Å²) in [5, 5.41) is -1.49. The monoisotopic (exact) mass is 294 g/mol. The highest BCUT2D eigenvalue weighted by molar-refractivity contribution is 7.92. The van der Waals surface area contributed by atoms with E-state index in [9.17, 15) is 26.4 Å². The second-order valence-electron chi connectivity index (χ2n) is 4.00. The van der Waals surface area contributed by atoms with E-state index in [1.807, 2.05) is 0 Å². The molecule has 106 valence electrons. The van der Waals surface area contributed by atoms with Crippen LogP contribution in [-0.2, 0) is 20.8 Å². The molecule has 1 atom stereocenters. The molecule has 0 saturated heterocycles. The highest BCUT2D eigenvalue weighted by Gasteiger charge is 2.39. The van der Waals surface area contributed by atoms with Crippen LogP contribution >= 0.6 is 0 Å². The fourth-order valence-electron chi connectivity index (χ4n) is 1.60. The Bertz CT molecular complexity index is 576. The van der Waals surface area contributed by atoms with E-state index in [0.717, 1.165) is 19.1 Å². The summed E-state index contributed by atoms with van der Waals surface area (Å²) in [5.41, 5.74) is -1.24. The molecule has 0 radical (unpaired) electrons. The molecule has 0 aliphatic heterocycles. The Balaban J connectivity index is 3.43. The maximum absolute atomic E-state index is 12.8. The lowest BCUT2D eigenvalue weighted by Gasteiger charge is -2.16. The van der Waals surface area contributed by atoms with E-state index in [1.165, 1.54) is 13.0 Å². The lowest BCUT2D eigenvalue weighted by atomic mass is 10.2. The first-order valence-electron chi connectivity index (χ1n) is 5.55. The van der Waals surface area contributed by atoms with E-state index in [2.05, 4.69) is 0 Å². The van der Waals surface area contributed by atoms with Gasteiger partial charge in [-0.3, -0.25) is 4.79 Å². The molecular weight excluding hydrogens is 281 g/mol. The van der Waals surface area contributed by atoms with Crippen molar-refractivity contribution in [3.63, 3.8) is 0 Å². The van der Waals surface area contributed by atoms with Crippen LogP contribution in [0.25, 0.3) is 0 Å². The summed E-state index contributed by atoms with van der Waals surface area (Å²) in [6.07, 6.45) is -4.83. The van der Waals surface area contributed by atoms with Gasteiger partial charge in [-0.05, 0) is 19.1 Å². The number of rotatable bonds is 4. The minimum absolute atomic E-state index is 0.0470. The van der Waals surface area contributed by atoms with E-state index < -0.39 is 37.5 Å². The van der Waals surface area contributed by atoms with Gasteiger partial charge in [-0.15, -0.1) is 0 Å². The Labute approximate surface area is 109 Å². The van der Waals surface area contributed by atoms with Crippen molar-refractivity contribution in [1.29, 1.82) is 0 Å². The van der Waals surface area contributed by atoms with Crippen molar-refractivity contribution in [2.75, 3.05) is 0 Å². The summed E-state index contributed by atoms with van der Waals surface area (Å²) in [4.78, 5) is 10.6. The van der Waals surface area contributed by atoms with Crippen molar-refractivity contribution in [2.24, 2.45) is 0 Å². The number of ketones is 1. The quantitative estimate of drug-likeness (QED) is 0.858. The summed E-state index contributed by atoms with van der Waals surface area (Å²) in [5.74, 6) is -0.614. The Morgan fingerprint density at radius 3 is 2.26 bits per heavy atom. The predicted octanol–water partition coefficient (Wildman–Crippen LogP) is 2.85. The van der Waals surface area contributed by atoms with Crippen LogP contribution in [0.15, 0.2) is 29.2 Å². The molecule has 1 unspecified atom stereocenters. The van der Waals surface area contributed by atoms with Crippen molar-refractivity contribution < 1.29 is 26.4 Å². The number of halogens is 3. The molecule has 0 heterocycles. The van der Waals surface area contributed by atoms with Gasteiger partial charge in [0, 0.05) is 6.42 Å².